The summed E-state index contributed by atoms with van der Waals surface area (Å²) in [5.41, 5.74) is 1.44. The van der Waals surface area contributed by atoms with E-state index in [1.165, 1.54) is 18.2 Å². The summed E-state index contributed by atoms with van der Waals surface area (Å²) >= 11 is 0. The standard InChI is InChI=1S/C15H16FNO2S/c1-11(2)12-6-5-7-13(10-12)17-20(18,19)15-9-4-3-8-14(15)16/h3-11,17H,1-2H3. The van der Waals surface area contributed by atoms with E-state index in [1.807, 2.05) is 19.9 Å². The van der Waals surface area contributed by atoms with Gasteiger partial charge >= 0.3 is 0 Å². The van der Waals surface area contributed by atoms with Crippen molar-refractivity contribution in [1.29, 1.82) is 0 Å². The van der Waals surface area contributed by atoms with Crippen molar-refractivity contribution < 1.29 is 12.8 Å². The summed E-state index contributed by atoms with van der Waals surface area (Å²) in [5.74, 6) is -0.479. The number of halogens is 1. The Morgan fingerprint density at radius 3 is 2.40 bits per heavy atom. The molecule has 0 bridgehead atoms. The first-order chi connectivity index (χ1) is 9.40. The molecule has 0 saturated carbocycles. The first kappa shape index (κ1) is 14.5. The van der Waals surface area contributed by atoms with Crippen LogP contribution in [-0.4, -0.2) is 8.42 Å². The molecular weight excluding hydrogens is 277 g/mol. The number of benzene rings is 2. The first-order valence-electron chi connectivity index (χ1n) is 6.27. The number of sulfonamides is 1. The molecule has 0 aromatic heterocycles. The number of hydrogen-bond acceptors (Lipinski definition) is 2. The first-order valence-corrected chi connectivity index (χ1v) is 7.76. The largest absolute Gasteiger partial charge is 0.280 e. The molecule has 0 amide bonds. The Labute approximate surface area is 118 Å². The summed E-state index contributed by atoms with van der Waals surface area (Å²) in [5, 5.41) is 0. The van der Waals surface area contributed by atoms with Gasteiger partial charge < -0.3 is 0 Å². The molecule has 3 nitrogen and oxygen atoms in total. The molecule has 1 N–H and O–H groups in total. The van der Waals surface area contributed by atoms with E-state index in [1.54, 1.807) is 18.2 Å². The zero-order valence-electron chi connectivity index (χ0n) is 11.3. The highest BCUT2D eigenvalue weighted by atomic mass is 32.2. The molecule has 2 rings (SSSR count). The van der Waals surface area contributed by atoms with Gasteiger partial charge in [0, 0.05) is 5.69 Å². The molecule has 0 fully saturated rings. The fraction of sp³-hybridized carbons (Fsp3) is 0.200. The van der Waals surface area contributed by atoms with Crippen LogP contribution in [0.5, 0.6) is 0 Å². The van der Waals surface area contributed by atoms with Crippen molar-refractivity contribution in [2.24, 2.45) is 0 Å². The average Bonchev–Trinajstić information content (AvgIpc) is 2.38. The lowest BCUT2D eigenvalue weighted by Crippen LogP contribution is -2.14. The van der Waals surface area contributed by atoms with Crippen molar-refractivity contribution >= 4 is 15.7 Å². The van der Waals surface area contributed by atoms with Crippen molar-refractivity contribution in [3.8, 4) is 0 Å². The normalized spacial score (nSPS) is 11.6. The van der Waals surface area contributed by atoms with Gasteiger partial charge in [0.05, 0.1) is 0 Å². The van der Waals surface area contributed by atoms with Crippen LogP contribution in [0.1, 0.15) is 25.3 Å². The molecule has 2 aromatic carbocycles. The van der Waals surface area contributed by atoms with E-state index in [0.29, 0.717) is 5.69 Å². The molecular formula is C15H16FNO2S. The Morgan fingerprint density at radius 2 is 1.75 bits per heavy atom. The molecule has 2 aromatic rings. The summed E-state index contributed by atoms with van der Waals surface area (Å²) in [6.07, 6.45) is 0. The van der Waals surface area contributed by atoms with Crippen LogP contribution in [0, 0.1) is 5.82 Å². The SMILES string of the molecule is CC(C)c1cccc(NS(=O)(=O)c2ccccc2F)c1. The lowest BCUT2D eigenvalue weighted by molar-refractivity contribution is 0.570. The van der Waals surface area contributed by atoms with E-state index >= 15 is 0 Å². The van der Waals surface area contributed by atoms with Crippen LogP contribution in [0.2, 0.25) is 0 Å². The van der Waals surface area contributed by atoms with Crippen LogP contribution in [0.15, 0.2) is 53.4 Å². The summed E-state index contributed by atoms with van der Waals surface area (Å²) < 4.78 is 40.3. The van der Waals surface area contributed by atoms with Gasteiger partial charge in [0.15, 0.2) is 0 Å². The molecule has 5 heteroatoms. The van der Waals surface area contributed by atoms with Crippen LogP contribution >= 0.6 is 0 Å². The Morgan fingerprint density at radius 1 is 1.05 bits per heavy atom. The highest BCUT2D eigenvalue weighted by molar-refractivity contribution is 7.92. The fourth-order valence-electron chi connectivity index (χ4n) is 1.83. The third-order valence-electron chi connectivity index (χ3n) is 2.93. The topological polar surface area (TPSA) is 46.2 Å². The lowest BCUT2D eigenvalue weighted by Gasteiger charge is -2.11. The summed E-state index contributed by atoms with van der Waals surface area (Å²) in [4.78, 5) is -0.352. The second kappa shape index (κ2) is 5.63. The van der Waals surface area contributed by atoms with Gasteiger partial charge in [0.25, 0.3) is 10.0 Å². The monoisotopic (exact) mass is 293 g/mol. The summed E-state index contributed by atoms with van der Waals surface area (Å²) in [7, 11) is -3.91. The van der Waals surface area contributed by atoms with Gasteiger partial charge in [0.1, 0.15) is 10.7 Å². The maximum absolute atomic E-state index is 13.6. The van der Waals surface area contributed by atoms with E-state index in [0.717, 1.165) is 11.6 Å². The number of anilines is 1. The summed E-state index contributed by atoms with van der Waals surface area (Å²) in [6.45, 7) is 4.04. The van der Waals surface area contributed by atoms with Crippen LogP contribution in [0.4, 0.5) is 10.1 Å². The van der Waals surface area contributed by atoms with Crippen LogP contribution < -0.4 is 4.72 Å². The van der Waals surface area contributed by atoms with E-state index in [9.17, 15) is 12.8 Å². The van der Waals surface area contributed by atoms with Gasteiger partial charge in [-0.2, -0.15) is 0 Å². The lowest BCUT2D eigenvalue weighted by atomic mass is 10.0. The second-order valence-electron chi connectivity index (χ2n) is 4.82. The third-order valence-corrected chi connectivity index (χ3v) is 4.35. The minimum absolute atomic E-state index is 0.285. The van der Waals surface area contributed by atoms with Gasteiger partial charge in [0.2, 0.25) is 0 Å². The molecule has 0 aliphatic rings. The van der Waals surface area contributed by atoms with Gasteiger partial charge in [-0.05, 0) is 35.7 Å². The van der Waals surface area contributed by atoms with Crippen LogP contribution in [0.25, 0.3) is 0 Å². The van der Waals surface area contributed by atoms with E-state index in [-0.39, 0.29) is 10.8 Å². The van der Waals surface area contributed by atoms with Gasteiger partial charge in [-0.1, -0.05) is 38.1 Å². The zero-order valence-corrected chi connectivity index (χ0v) is 12.1. The van der Waals surface area contributed by atoms with Gasteiger partial charge in [-0.15, -0.1) is 0 Å². The van der Waals surface area contributed by atoms with Gasteiger partial charge in [-0.25, -0.2) is 12.8 Å². The zero-order chi connectivity index (χ0) is 14.8. The Balaban J connectivity index is 2.34. The second-order valence-corrected chi connectivity index (χ2v) is 6.47. The van der Waals surface area contributed by atoms with Crippen LogP contribution in [-0.2, 0) is 10.0 Å². The highest BCUT2D eigenvalue weighted by Crippen LogP contribution is 2.22. The maximum Gasteiger partial charge on any atom is 0.264 e. The molecule has 20 heavy (non-hydrogen) atoms. The molecule has 0 heterocycles. The Bertz CT molecular complexity index is 711. The smallest absolute Gasteiger partial charge is 0.264 e. The van der Waals surface area contributed by atoms with Crippen molar-refractivity contribution in [3.63, 3.8) is 0 Å². The van der Waals surface area contributed by atoms with E-state index < -0.39 is 15.8 Å². The van der Waals surface area contributed by atoms with Crippen LogP contribution in [0.3, 0.4) is 0 Å². The van der Waals surface area contributed by atoms with Crippen molar-refractivity contribution in [3.05, 3.63) is 59.9 Å². The molecule has 0 spiro atoms. The fourth-order valence-corrected chi connectivity index (χ4v) is 2.96. The third kappa shape index (κ3) is 3.17. The number of hydrogen-bond donors (Lipinski definition) is 1. The Hall–Kier alpha value is -1.88. The predicted octanol–water partition coefficient (Wildman–Crippen LogP) is 3.75. The molecule has 0 aliphatic heterocycles. The minimum atomic E-state index is -3.91. The highest BCUT2D eigenvalue weighted by Gasteiger charge is 2.18. The van der Waals surface area contributed by atoms with Crippen molar-refractivity contribution in [1.82, 2.24) is 0 Å². The molecule has 0 radical (unpaired) electrons. The molecule has 0 unspecified atom stereocenters. The van der Waals surface area contributed by atoms with Gasteiger partial charge in [-0.3, -0.25) is 4.72 Å². The average molecular weight is 293 g/mol. The molecule has 0 atom stereocenters. The predicted molar refractivity (Wildman–Crippen MR) is 77.7 cm³/mol. The summed E-state index contributed by atoms with van der Waals surface area (Å²) in [6, 6.07) is 12.4. The minimum Gasteiger partial charge on any atom is -0.280 e. The molecule has 0 aliphatic carbocycles. The van der Waals surface area contributed by atoms with E-state index in [2.05, 4.69) is 4.72 Å². The van der Waals surface area contributed by atoms with E-state index in [4.69, 9.17) is 0 Å². The number of nitrogens with one attached hydrogen (secondary N) is 1. The Kier molecular flexibility index (Phi) is 4.09. The van der Waals surface area contributed by atoms with Crippen molar-refractivity contribution in [2.75, 3.05) is 4.72 Å². The number of rotatable bonds is 4. The van der Waals surface area contributed by atoms with Crippen molar-refractivity contribution in [2.45, 2.75) is 24.7 Å². The maximum atomic E-state index is 13.6. The molecule has 106 valence electrons. The molecule has 0 saturated heterocycles. The quantitative estimate of drug-likeness (QED) is 0.933.